The van der Waals surface area contributed by atoms with E-state index in [-0.39, 0.29) is 5.41 Å². The summed E-state index contributed by atoms with van der Waals surface area (Å²) in [5, 5.41) is 27.3. The first-order valence-corrected chi connectivity index (χ1v) is 30.8. The van der Waals surface area contributed by atoms with E-state index in [2.05, 4.69) is 288 Å². The minimum atomic E-state index is -0.0118. The first-order valence-electron chi connectivity index (χ1n) is 29.2. The molecule has 0 bridgehead atoms. The Morgan fingerprint density at radius 1 is 0.341 bits per heavy atom. The van der Waals surface area contributed by atoms with Crippen LogP contribution in [0.1, 0.15) is 31.9 Å². The summed E-state index contributed by atoms with van der Waals surface area (Å²) in [5.74, 6) is 0. The van der Waals surface area contributed by atoms with Gasteiger partial charge in [0.25, 0.3) is 0 Å². The van der Waals surface area contributed by atoms with Crippen molar-refractivity contribution < 1.29 is 0 Å². The Bertz CT molecular complexity index is 5520. The van der Waals surface area contributed by atoms with E-state index in [0.717, 1.165) is 128 Å². The van der Waals surface area contributed by atoms with Gasteiger partial charge in [0.15, 0.2) is 0 Å². The van der Waals surface area contributed by atoms with Gasteiger partial charge in [0.05, 0.1) is 76.3 Å². The molecular formula is C78H51N5S2. The second-order valence-electron chi connectivity index (χ2n) is 24.0. The molecular weight excluding hydrogens is 1070 g/mol. The van der Waals surface area contributed by atoms with Gasteiger partial charge in [0.2, 0.25) is 0 Å². The summed E-state index contributed by atoms with van der Waals surface area (Å²) in [7, 11) is 0. The highest BCUT2D eigenvalue weighted by atomic mass is 32.1. The number of rotatable bonds is 6. The lowest BCUT2D eigenvalue weighted by atomic mass is 9.86. The van der Waals surface area contributed by atoms with E-state index >= 15 is 0 Å². The van der Waals surface area contributed by atoms with Gasteiger partial charge >= 0.3 is 0 Å². The zero-order valence-electron chi connectivity index (χ0n) is 46.9. The first kappa shape index (κ1) is 48.3. The molecule has 0 N–H and O–H groups in total. The molecule has 85 heavy (non-hydrogen) atoms. The van der Waals surface area contributed by atoms with Crippen LogP contribution in [0.4, 0.5) is 0 Å². The van der Waals surface area contributed by atoms with Crippen LogP contribution in [0.25, 0.3) is 161 Å². The van der Waals surface area contributed by atoms with Crippen LogP contribution >= 0.6 is 22.7 Å². The fraction of sp³-hybridized carbons (Fsp3) is 0.0641. The van der Waals surface area contributed by atoms with Crippen LogP contribution in [-0.2, 0) is 6.42 Å². The number of para-hydroxylation sites is 6. The van der Waals surface area contributed by atoms with Crippen molar-refractivity contribution in [2.24, 2.45) is 5.41 Å². The molecule has 0 saturated carbocycles. The monoisotopic (exact) mass is 1120 g/mol. The second-order valence-corrected chi connectivity index (χ2v) is 26.1. The quantitative estimate of drug-likeness (QED) is 0.164. The standard InChI is InChI=1S/C78H51N5S2/c1-78(2,3)44-46-21-20-22-47(43-46)69-74(80-61-31-12-4-23-48(61)49-24-5-13-32-62(49)80)70(82-65-35-16-8-27-52(65)56-39-41-58-54-29-10-18-37-67(54)84-76(58)72(56)82)60(45-79)71(75(69)81-63-33-14-6-25-50(63)51-26-7-15-34-64(51)81)83-66-36-17-9-28-53(66)57-40-42-59-55-30-11-19-38-68(55)85-77(59)73(57)83/h4-43H,44H2,1-3H3. The molecule has 5 nitrogen and oxygen atoms in total. The van der Waals surface area contributed by atoms with Crippen LogP contribution in [0.3, 0.4) is 0 Å². The van der Waals surface area contributed by atoms with E-state index < -0.39 is 0 Å². The Morgan fingerprint density at radius 3 is 1.07 bits per heavy atom. The Kier molecular flexibility index (Phi) is 10.2. The summed E-state index contributed by atoms with van der Waals surface area (Å²) < 4.78 is 14.9. The fourth-order valence-corrected chi connectivity index (χ4v) is 17.1. The van der Waals surface area contributed by atoms with Gasteiger partial charge in [-0.3, -0.25) is 0 Å². The van der Waals surface area contributed by atoms with E-state index in [1.807, 2.05) is 22.7 Å². The number of nitrogens with zero attached hydrogens (tertiary/aromatic N) is 5. The highest BCUT2D eigenvalue weighted by Gasteiger charge is 2.36. The smallest absolute Gasteiger partial charge is 0.104 e. The number of thiophene rings is 2. The zero-order chi connectivity index (χ0) is 56.4. The molecule has 0 amide bonds. The molecule has 6 aromatic heterocycles. The SMILES string of the molecule is CC(C)(C)Cc1cccc(-c2c(-n3c4ccccc4c4ccccc43)c(-n3c4ccccc4c4ccc5c6ccccc6sc5c43)c(C#N)c(-n3c4ccccc4c4ccc5c6ccccc6sc5c43)c2-n2c3ccccc3c3ccccc32)c1. The van der Waals surface area contributed by atoms with Crippen molar-refractivity contribution in [2.75, 3.05) is 0 Å². The summed E-state index contributed by atoms with van der Waals surface area (Å²) in [6, 6.07) is 92.8. The van der Waals surface area contributed by atoms with E-state index in [0.29, 0.717) is 5.56 Å². The maximum atomic E-state index is 13.4. The molecule has 0 saturated heterocycles. The predicted octanol–water partition coefficient (Wildman–Crippen LogP) is 21.9. The maximum Gasteiger partial charge on any atom is 0.104 e. The van der Waals surface area contributed by atoms with Gasteiger partial charge < -0.3 is 18.3 Å². The summed E-state index contributed by atoms with van der Waals surface area (Å²) in [6.07, 6.45) is 0.861. The van der Waals surface area contributed by atoms with E-state index in [9.17, 15) is 5.26 Å². The normalized spacial score (nSPS) is 12.4. The van der Waals surface area contributed by atoms with Gasteiger partial charge in [0.1, 0.15) is 11.6 Å². The Labute approximate surface area is 496 Å². The first-order chi connectivity index (χ1) is 41.8. The number of hydrogen-bond acceptors (Lipinski definition) is 3. The van der Waals surface area contributed by atoms with Crippen molar-refractivity contribution in [3.05, 3.63) is 254 Å². The van der Waals surface area contributed by atoms with E-state index in [4.69, 9.17) is 0 Å². The van der Waals surface area contributed by atoms with Crippen molar-refractivity contribution >= 4 is 150 Å². The average molecular weight is 1120 g/mol. The number of benzene rings is 12. The van der Waals surface area contributed by atoms with E-state index in [1.165, 1.54) is 45.9 Å². The molecule has 0 unspecified atom stereocenters. The third-order valence-corrected chi connectivity index (χ3v) is 20.3. The Hall–Kier alpha value is -10.2. The highest BCUT2D eigenvalue weighted by Crippen LogP contribution is 2.54. The van der Waals surface area contributed by atoms with Crippen LogP contribution < -0.4 is 0 Å². The predicted molar refractivity (Wildman–Crippen MR) is 363 cm³/mol. The van der Waals surface area contributed by atoms with Crippen molar-refractivity contribution in [3.8, 4) is 39.9 Å². The van der Waals surface area contributed by atoms with Gasteiger partial charge in [-0.25, -0.2) is 0 Å². The lowest BCUT2D eigenvalue weighted by Gasteiger charge is -2.29. The van der Waals surface area contributed by atoms with Crippen LogP contribution in [-0.4, -0.2) is 18.3 Å². The lowest BCUT2D eigenvalue weighted by Crippen LogP contribution is -2.16. The molecule has 0 aliphatic rings. The minimum absolute atomic E-state index is 0.0118. The van der Waals surface area contributed by atoms with Crippen molar-refractivity contribution in [1.29, 1.82) is 5.26 Å². The molecule has 400 valence electrons. The van der Waals surface area contributed by atoms with Crippen molar-refractivity contribution in [2.45, 2.75) is 27.2 Å². The number of aromatic nitrogens is 4. The molecule has 0 aliphatic carbocycles. The molecule has 12 aromatic carbocycles. The molecule has 18 aromatic rings. The van der Waals surface area contributed by atoms with Gasteiger partial charge in [0, 0.05) is 79.6 Å². The van der Waals surface area contributed by atoms with Gasteiger partial charge in [-0.05, 0) is 71.5 Å². The molecule has 0 radical (unpaired) electrons. The summed E-state index contributed by atoms with van der Waals surface area (Å²) >= 11 is 3.68. The summed E-state index contributed by atoms with van der Waals surface area (Å²) in [4.78, 5) is 0. The highest BCUT2D eigenvalue weighted by molar-refractivity contribution is 7.27. The number of hydrogen-bond donors (Lipinski definition) is 0. The molecule has 0 atom stereocenters. The third kappa shape index (κ3) is 6.78. The minimum Gasteiger partial charge on any atom is -0.306 e. The molecule has 7 heteroatoms. The van der Waals surface area contributed by atoms with Crippen molar-refractivity contribution in [3.63, 3.8) is 0 Å². The van der Waals surface area contributed by atoms with Crippen LogP contribution in [0.15, 0.2) is 243 Å². The number of fused-ring (bicyclic) bond motifs is 20. The van der Waals surface area contributed by atoms with Gasteiger partial charge in [-0.15, -0.1) is 22.7 Å². The second kappa shape index (κ2) is 17.9. The van der Waals surface area contributed by atoms with Crippen LogP contribution in [0.2, 0.25) is 0 Å². The molecule has 0 aliphatic heterocycles. The van der Waals surface area contributed by atoms with Gasteiger partial charge in [-0.2, -0.15) is 5.26 Å². The fourth-order valence-electron chi connectivity index (χ4n) is 14.7. The maximum absolute atomic E-state index is 13.4. The largest absolute Gasteiger partial charge is 0.306 e. The Balaban J connectivity index is 1.20. The van der Waals surface area contributed by atoms with Crippen molar-refractivity contribution in [1.82, 2.24) is 18.3 Å². The molecule has 0 spiro atoms. The third-order valence-electron chi connectivity index (χ3n) is 17.9. The lowest BCUT2D eigenvalue weighted by molar-refractivity contribution is 0.411. The van der Waals surface area contributed by atoms with Crippen LogP contribution in [0, 0.1) is 16.7 Å². The topological polar surface area (TPSA) is 43.5 Å². The molecule has 0 fully saturated rings. The van der Waals surface area contributed by atoms with Crippen LogP contribution in [0.5, 0.6) is 0 Å². The molecule has 6 heterocycles. The number of nitriles is 1. The van der Waals surface area contributed by atoms with E-state index in [1.54, 1.807) is 0 Å². The summed E-state index contributed by atoms with van der Waals surface area (Å²) in [6.45, 7) is 7.00. The van der Waals surface area contributed by atoms with Gasteiger partial charge in [-0.1, -0.05) is 215 Å². The molecule has 18 rings (SSSR count). The Morgan fingerprint density at radius 2 is 0.682 bits per heavy atom. The zero-order valence-corrected chi connectivity index (χ0v) is 48.5. The average Bonchev–Trinajstić information content (AvgIpc) is 1.68. The summed E-state index contributed by atoms with van der Waals surface area (Å²) in [5.41, 5.74) is 15.8.